The summed E-state index contributed by atoms with van der Waals surface area (Å²) >= 11 is 0. The Balaban J connectivity index is 1.63. The fourth-order valence-corrected chi connectivity index (χ4v) is 4.09. The van der Waals surface area contributed by atoms with Gasteiger partial charge in [0.05, 0.1) is 11.1 Å². The number of nitrogens with zero attached hydrogens (tertiary/aromatic N) is 3. The quantitative estimate of drug-likeness (QED) is 0.406. The summed E-state index contributed by atoms with van der Waals surface area (Å²) in [5, 5.41) is 9.67. The predicted octanol–water partition coefficient (Wildman–Crippen LogP) is 4.90. The van der Waals surface area contributed by atoms with Gasteiger partial charge in [-0.2, -0.15) is 0 Å². The van der Waals surface area contributed by atoms with Crippen LogP contribution in [-0.2, 0) is 6.54 Å². The minimum atomic E-state index is -0.975. The van der Waals surface area contributed by atoms with E-state index in [4.69, 9.17) is 0 Å². The average Bonchev–Trinajstić information content (AvgIpc) is 3.17. The number of benzene rings is 3. The van der Waals surface area contributed by atoms with Gasteiger partial charge in [0.2, 0.25) is 0 Å². The van der Waals surface area contributed by atoms with E-state index in [1.54, 1.807) is 6.07 Å². The lowest BCUT2D eigenvalue weighted by Gasteiger charge is -2.21. The van der Waals surface area contributed by atoms with Crippen LogP contribution in [0.25, 0.3) is 33.3 Å². The molecule has 1 aromatic heterocycles. The molecule has 3 aromatic carbocycles. The molecular formula is C27H30N4O2. The van der Waals surface area contributed by atoms with Crippen molar-refractivity contribution in [2.24, 2.45) is 0 Å². The molecule has 0 saturated heterocycles. The van der Waals surface area contributed by atoms with Gasteiger partial charge >= 0.3 is 5.97 Å². The van der Waals surface area contributed by atoms with Gasteiger partial charge in [-0.1, -0.05) is 48.5 Å². The summed E-state index contributed by atoms with van der Waals surface area (Å²) in [5.74, 6) is -0.274. The lowest BCUT2D eigenvalue weighted by Crippen LogP contribution is -2.28. The number of H-pyrrole nitrogens is 1. The van der Waals surface area contributed by atoms with E-state index >= 15 is 0 Å². The van der Waals surface area contributed by atoms with E-state index in [0.717, 1.165) is 41.8 Å². The summed E-state index contributed by atoms with van der Waals surface area (Å²) in [5.41, 5.74) is 6.91. The maximum atomic E-state index is 11.8. The molecule has 1 heterocycles. The van der Waals surface area contributed by atoms with Crippen molar-refractivity contribution in [3.63, 3.8) is 0 Å². The Morgan fingerprint density at radius 3 is 2.33 bits per heavy atom. The van der Waals surface area contributed by atoms with Gasteiger partial charge in [-0.15, -0.1) is 0 Å². The first-order valence-electron chi connectivity index (χ1n) is 11.1. The zero-order chi connectivity index (χ0) is 23.5. The van der Waals surface area contributed by atoms with Crippen molar-refractivity contribution in [2.75, 3.05) is 34.2 Å². The number of aromatic nitrogens is 2. The fraction of sp³-hybridized carbons (Fsp3) is 0.259. The van der Waals surface area contributed by atoms with Crippen LogP contribution < -0.4 is 0 Å². The number of aryl methyl sites for hydroxylation is 1. The molecule has 0 saturated carbocycles. The number of likely N-dealkylation sites (N-methyl/N-ethyl adjacent to an activating group) is 2. The largest absolute Gasteiger partial charge is 0.478 e. The Morgan fingerprint density at radius 2 is 1.64 bits per heavy atom. The second-order valence-corrected chi connectivity index (χ2v) is 8.82. The zero-order valence-corrected chi connectivity index (χ0v) is 19.6. The van der Waals surface area contributed by atoms with Gasteiger partial charge in [0, 0.05) is 19.6 Å². The molecule has 4 aromatic rings. The molecule has 33 heavy (non-hydrogen) atoms. The number of rotatable bonds is 8. The Hall–Kier alpha value is -3.48. The highest BCUT2D eigenvalue weighted by Crippen LogP contribution is 2.30. The van der Waals surface area contributed by atoms with E-state index in [1.807, 2.05) is 13.0 Å². The number of nitrogens with one attached hydrogen (secondary N) is 1. The van der Waals surface area contributed by atoms with Crippen molar-refractivity contribution in [1.29, 1.82) is 0 Å². The lowest BCUT2D eigenvalue weighted by atomic mass is 9.96. The van der Waals surface area contributed by atoms with Crippen molar-refractivity contribution in [3.05, 3.63) is 77.6 Å². The van der Waals surface area contributed by atoms with E-state index < -0.39 is 5.97 Å². The first kappa shape index (κ1) is 22.7. The van der Waals surface area contributed by atoms with Crippen LogP contribution in [0.3, 0.4) is 0 Å². The highest BCUT2D eigenvalue weighted by atomic mass is 16.4. The number of hydrogen-bond acceptors (Lipinski definition) is 4. The maximum absolute atomic E-state index is 11.8. The standard InChI is InChI=1S/C27H30N4O2/c1-18-28-25-16-22(15-24(27(32)33)26(25)29-18)19-9-11-20(12-10-19)23-8-6-5-7-21(23)17-31(4)14-13-30(2)3/h5-12,15-16H,13-14,17H2,1-4H3,(H,28,29)(H,32,33). The van der Waals surface area contributed by atoms with E-state index in [-0.39, 0.29) is 5.56 Å². The second kappa shape index (κ2) is 9.57. The number of fused-ring (bicyclic) bond motifs is 1. The van der Waals surface area contributed by atoms with Crippen LogP contribution in [0.2, 0.25) is 0 Å². The molecule has 2 N–H and O–H groups in total. The third kappa shape index (κ3) is 5.13. The van der Waals surface area contributed by atoms with Gasteiger partial charge in [0.15, 0.2) is 0 Å². The average molecular weight is 443 g/mol. The van der Waals surface area contributed by atoms with Crippen LogP contribution in [0.5, 0.6) is 0 Å². The maximum Gasteiger partial charge on any atom is 0.337 e. The van der Waals surface area contributed by atoms with Crippen molar-refractivity contribution < 1.29 is 9.90 Å². The Labute approximate surface area is 194 Å². The third-order valence-electron chi connectivity index (χ3n) is 5.85. The van der Waals surface area contributed by atoms with E-state index in [2.05, 4.69) is 89.4 Å². The topological polar surface area (TPSA) is 72.5 Å². The molecule has 6 nitrogen and oxygen atoms in total. The Kier molecular flexibility index (Phi) is 6.58. The molecule has 170 valence electrons. The highest BCUT2D eigenvalue weighted by molar-refractivity contribution is 6.03. The highest BCUT2D eigenvalue weighted by Gasteiger charge is 2.15. The van der Waals surface area contributed by atoms with Crippen LogP contribution in [0, 0.1) is 6.92 Å². The van der Waals surface area contributed by atoms with Crippen LogP contribution in [-0.4, -0.2) is 65.1 Å². The molecule has 0 aliphatic rings. The van der Waals surface area contributed by atoms with E-state index in [0.29, 0.717) is 11.3 Å². The monoisotopic (exact) mass is 442 g/mol. The zero-order valence-electron chi connectivity index (χ0n) is 19.6. The molecule has 4 rings (SSSR count). The normalized spacial score (nSPS) is 11.6. The minimum absolute atomic E-state index is 0.210. The lowest BCUT2D eigenvalue weighted by molar-refractivity contribution is 0.0699. The minimum Gasteiger partial charge on any atom is -0.478 e. The molecule has 0 unspecified atom stereocenters. The van der Waals surface area contributed by atoms with Crippen LogP contribution >= 0.6 is 0 Å². The second-order valence-electron chi connectivity index (χ2n) is 8.82. The molecule has 0 bridgehead atoms. The molecule has 0 radical (unpaired) electrons. The van der Waals surface area contributed by atoms with Gasteiger partial charge in [0.25, 0.3) is 0 Å². The molecular weight excluding hydrogens is 412 g/mol. The van der Waals surface area contributed by atoms with Crippen molar-refractivity contribution in [2.45, 2.75) is 13.5 Å². The van der Waals surface area contributed by atoms with Gasteiger partial charge in [0.1, 0.15) is 11.3 Å². The molecule has 0 aliphatic heterocycles. The summed E-state index contributed by atoms with van der Waals surface area (Å²) in [6.07, 6.45) is 0. The first-order chi connectivity index (χ1) is 15.8. The smallest absolute Gasteiger partial charge is 0.337 e. The van der Waals surface area contributed by atoms with Crippen LogP contribution in [0.4, 0.5) is 0 Å². The fourth-order valence-electron chi connectivity index (χ4n) is 4.09. The number of imidazole rings is 1. The number of aromatic carboxylic acids is 1. The van der Waals surface area contributed by atoms with Crippen molar-refractivity contribution in [3.8, 4) is 22.3 Å². The van der Waals surface area contributed by atoms with Gasteiger partial charge in [-0.3, -0.25) is 0 Å². The summed E-state index contributed by atoms with van der Waals surface area (Å²) < 4.78 is 0. The summed E-state index contributed by atoms with van der Waals surface area (Å²) in [4.78, 5) is 23.8. The SMILES string of the molecule is Cc1nc2c(C(=O)O)cc(-c3ccc(-c4ccccc4CN(C)CCN(C)C)cc3)cc2[nH]1. The number of aromatic amines is 1. The van der Waals surface area contributed by atoms with Crippen LogP contribution in [0.15, 0.2) is 60.7 Å². The van der Waals surface area contributed by atoms with Gasteiger partial charge in [-0.05, 0) is 68.0 Å². The first-order valence-corrected chi connectivity index (χ1v) is 11.1. The van der Waals surface area contributed by atoms with Crippen molar-refractivity contribution in [1.82, 2.24) is 19.8 Å². The summed E-state index contributed by atoms with van der Waals surface area (Å²) in [6.45, 7) is 4.73. The number of carbonyl (C=O) groups is 1. The predicted molar refractivity (Wildman–Crippen MR) is 134 cm³/mol. The van der Waals surface area contributed by atoms with E-state index in [1.165, 1.54) is 11.1 Å². The third-order valence-corrected chi connectivity index (χ3v) is 5.85. The van der Waals surface area contributed by atoms with Crippen LogP contribution in [0.1, 0.15) is 21.7 Å². The number of hydrogen-bond donors (Lipinski definition) is 2. The Morgan fingerprint density at radius 1 is 0.939 bits per heavy atom. The van der Waals surface area contributed by atoms with Gasteiger partial charge in [-0.25, -0.2) is 9.78 Å². The molecule has 0 amide bonds. The number of carboxylic acids is 1. The van der Waals surface area contributed by atoms with Gasteiger partial charge < -0.3 is 19.9 Å². The molecule has 0 fully saturated rings. The Bertz CT molecular complexity index is 1280. The molecule has 6 heteroatoms. The van der Waals surface area contributed by atoms with E-state index in [9.17, 15) is 9.90 Å². The molecule has 0 atom stereocenters. The van der Waals surface area contributed by atoms with Crippen molar-refractivity contribution >= 4 is 17.0 Å². The summed E-state index contributed by atoms with van der Waals surface area (Å²) in [6, 6.07) is 20.5. The number of carboxylic acid groups (broad SMARTS) is 1. The molecule has 0 aliphatic carbocycles. The molecule has 0 spiro atoms. The summed E-state index contributed by atoms with van der Waals surface area (Å²) in [7, 11) is 6.33.